The van der Waals surface area contributed by atoms with E-state index in [1.165, 1.54) is 0 Å². The van der Waals surface area contributed by atoms with Crippen LogP contribution in [0, 0.1) is 0 Å². The second-order valence-corrected chi connectivity index (χ2v) is 3.98. The van der Waals surface area contributed by atoms with E-state index in [-0.39, 0.29) is 6.79 Å². The predicted molar refractivity (Wildman–Crippen MR) is 62.0 cm³/mol. The van der Waals surface area contributed by atoms with Crippen LogP contribution in [0.25, 0.3) is 0 Å². The van der Waals surface area contributed by atoms with Crippen LogP contribution in [-0.4, -0.2) is 27.1 Å². The van der Waals surface area contributed by atoms with Gasteiger partial charge in [0, 0.05) is 13.2 Å². The number of hydrogen-bond donors (Lipinski definition) is 1. The molecule has 0 unspecified atom stereocenters. The number of nitrogen functional groups attached to an aromatic ring is 1. The van der Waals surface area contributed by atoms with E-state index in [1.54, 1.807) is 13.2 Å². The second kappa shape index (κ2) is 4.80. The van der Waals surface area contributed by atoms with Crippen molar-refractivity contribution in [2.24, 2.45) is 0 Å². The highest BCUT2D eigenvalue weighted by atomic mass is 79.9. The van der Waals surface area contributed by atoms with Gasteiger partial charge in [0.1, 0.15) is 6.61 Å². The van der Waals surface area contributed by atoms with Crippen LogP contribution in [0.4, 0.5) is 5.69 Å². The summed E-state index contributed by atoms with van der Waals surface area (Å²) >= 11 is 3.36. The van der Waals surface area contributed by atoms with Crippen LogP contribution in [0.2, 0.25) is 0 Å². The van der Waals surface area contributed by atoms with E-state index in [4.69, 9.17) is 24.7 Å². The summed E-state index contributed by atoms with van der Waals surface area (Å²) in [6.45, 7) is 1.11. The Bertz CT molecular complexity index is 397. The van der Waals surface area contributed by atoms with Gasteiger partial charge in [0.2, 0.25) is 12.5 Å². The molecule has 0 spiro atoms. The number of benzene rings is 1. The largest absolute Gasteiger partial charge is 0.486 e. The maximum atomic E-state index is 5.80. The maximum Gasteiger partial charge on any atom is 0.231 e. The lowest BCUT2D eigenvalue weighted by Gasteiger charge is -2.11. The minimum atomic E-state index is 0.186. The van der Waals surface area contributed by atoms with Crippen LogP contribution in [0.15, 0.2) is 10.5 Å². The lowest BCUT2D eigenvalue weighted by Crippen LogP contribution is -2.06. The third kappa shape index (κ3) is 2.03. The third-order valence-corrected chi connectivity index (χ3v) is 2.94. The summed E-state index contributed by atoms with van der Waals surface area (Å²) in [5.74, 6) is 1.75. The minimum Gasteiger partial charge on any atom is -0.486 e. The van der Waals surface area contributed by atoms with Crippen molar-refractivity contribution in [3.05, 3.63) is 10.5 Å². The molecule has 0 amide bonds. The van der Waals surface area contributed by atoms with E-state index in [2.05, 4.69) is 15.9 Å². The molecule has 1 aromatic carbocycles. The van der Waals surface area contributed by atoms with Gasteiger partial charge in [-0.25, -0.2) is 0 Å². The summed E-state index contributed by atoms with van der Waals surface area (Å²) in [5, 5.41) is 0. The summed E-state index contributed by atoms with van der Waals surface area (Å²) in [5.41, 5.74) is 6.36. The number of anilines is 1. The monoisotopic (exact) mass is 289 g/mol. The van der Waals surface area contributed by atoms with Crippen molar-refractivity contribution >= 4 is 21.6 Å². The quantitative estimate of drug-likeness (QED) is 0.676. The van der Waals surface area contributed by atoms with Crippen LogP contribution in [-0.2, 0) is 4.74 Å². The number of ether oxygens (including phenoxy) is 4. The van der Waals surface area contributed by atoms with Gasteiger partial charge in [-0.3, -0.25) is 0 Å². The first-order valence-electron chi connectivity index (χ1n) is 4.73. The zero-order valence-corrected chi connectivity index (χ0v) is 10.4. The molecule has 6 heteroatoms. The third-order valence-electron chi connectivity index (χ3n) is 2.12. The minimum absolute atomic E-state index is 0.186. The standard InChI is InChI=1S/C10H12BrNO4/c1-13-2-3-14-10-8(11)6(12)4-7-9(10)16-5-15-7/h4H,2-3,5,12H2,1H3. The van der Waals surface area contributed by atoms with Crippen LogP contribution >= 0.6 is 15.9 Å². The highest BCUT2D eigenvalue weighted by Crippen LogP contribution is 2.48. The van der Waals surface area contributed by atoms with Crippen LogP contribution in [0.3, 0.4) is 0 Å². The van der Waals surface area contributed by atoms with Gasteiger partial charge >= 0.3 is 0 Å². The van der Waals surface area contributed by atoms with Gasteiger partial charge < -0.3 is 24.7 Å². The molecule has 0 aliphatic carbocycles. The molecule has 1 heterocycles. The number of halogens is 1. The first-order valence-corrected chi connectivity index (χ1v) is 5.52. The summed E-state index contributed by atoms with van der Waals surface area (Å²) < 4.78 is 21.7. The Kier molecular flexibility index (Phi) is 3.40. The number of nitrogens with two attached hydrogens (primary N) is 1. The van der Waals surface area contributed by atoms with Crippen LogP contribution < -0.4 is 19.9 Å². The summed E-state index contributed by atoms with van der Waals surface area (Å²) in [6, 6.07) is 1.70. The second-order valence-electron chi connectivity index (χ2n) is 3.18. The average Bonchev–Trinajstić information content (AvgIpc) is 2.71. The number of hydrogen-bond acceptors (Lipinski definition) is 5. The average molecular weight is 290 g/mol. The highest BCUT2D eigenvalue weighted by molar-refractivity contribution is 9.10. The zero-order chi connectivity index (χ0) is 11.5. The van der Waals surface area contributed by atoms with Gasteiger partial charge in [0.15, 0.2) is 11.5 Å². The van der Waals surface area contributed by atoms with E-state index in [9.17, 15) is 0 Å². The van der Waals surface area contributed by atoms with Crippen molar-refractivity contribution in [2.75, 3.05) is 32.9 Å². The van der Waals surface area contributed by atoms with Crippen molar-refractivity contribution in [2.45, 2.75) is 0 Å². The molecule has 0 saturated carbocycles. The molecule has 0 fully saturated rings. The Hall–Kier alpha value is -1.14. The molecule has 2 rings (SSSR count). The summed E-state index contributed by atoms with van der Waals surface area (Å²) in [6.07, 6.45) is 0. The summed E-state index contributed by atoms with van der Waals surface area (Å²) in [7, 11) is 1.61. The summed E-state index contributed by atoms with van der Waals surface area (Å²) in [4.78, 5) is 0. The molecule has 0 atom stereocenters. The number of methoxy groups -OCH3 is 1. The first-order chi connectivity index (χ1) is 7.74. The van der Waals surface area contributed by atoms with Gasteiger partial charge in [0.05, 0.1) is 16.8 Å². The molecule has 2 N–H and O–H groups in total. The molecule has 0 saturated heterocycles. The molecule has 0 bridgehead atoms. The van der Waals surface area contributed by atoms with Gasteiger partial charge in [-0.15, -0.1) is 0 Å². The number of fused-ring (bicyclic) bond motifs is 1. The SMILES string of the molecule is COCCOc1c(Br)c(N)cc2c1OCO2. The van der Waals surface area contributed by atoms with Crippen LogP contribution in [0.5, 0.6) is 17.2 Å². The van der Waals surface area contributed by atoms with Gasteiger partial charge in [-0.05, 0) is 15.9 Å². The van der Waals surface area contributed by atoms with E-state index in [0.29, 0.717) is 40.6 Å². The molecular formula is C10H12BrNO4. The lowest BCUT2D eigenvalue weighted by atomic mass is 10.2. The Morgan fingerprint density at radius 3 is 3.00 bits per heavy atom. The maximum absolute atomic E-state index is 5.80. The van der Waals surface area contributed by atoms with E-state index >= 15 is 0 Å². The molecule has 5 nitrogen and oxygen atoms in total. The van der Waals surface area contributed by atoms with Crippen molar-refractivity contribution in [3.8, 4) is 17.2 Å². The molecule has 0 aromatic heterocycles. The molecule has 16 heavy (non-hydrogen) atoms. The van der Waals surface area contributed by atoms with Crippen molar-refractivity contribution in [3.63, 3.8) is 0 Å². The van der Waals surface area contributed by atoms with E-state index in [1.807, 2.05) is 0 Å². The fourth-order valence-corrected chi connectivity index (χ4v) is 1.77. The van der Waals surface area contributed by atoms with E-state index in [0.717, 1.165) is 0 Å². The smallest absolute Gasteiger partial charge is 0.231 e. The lowest BCUT2D eigenvalue weighted by molar-refractivity contribution is 0.139. The zero-order valence-electron chi connectivity index (χ0n) is 8.79. The molecule has 1 aliphatic heterocycles. The fraction of sp³-hybridized carbons (Fsp3) is 0.400. The molecule has 1 aliphatic rings. The normalized spacial score (nSPS) is 12.9. The molecule has 1 aromatic rings. The first kappa shape index (κ1) is 11.3. The van der Waals surface area contributed by atoms with Gasteiger partial charge in [-0.1, -0.05) is 0 Å². The van der Waals surface area contributed by atoms with Crippen molar-refractivity contribution in [1.29, 1.82) is 0 Å². The highest BCUT2D eigenvalue weighted by Gasteiger charge is 2.23. The Morgan fingerprint density at radius 2 is 2.25 bits per heavy atom. The van der Waals surface area contributed by atoms with Crippen molar-refractivity contribution in [1.82, 2.24) is 0 Å². The van der Waals surface area contributed by atoms with Gasteiger partial charge in [0.25, 0.3) is 0 Å². The molecular weight excluding hydrogens is 278 g/mol. The molecule has 0 radical (unpaired) electrons. The Balaban J connectivity index is 2.27. The Morgan fingerprint density at radius 1 is 1.44 bits per heavy atom. The van der Waals surface area contributed by atoms with Crippen molar-refractivity contribution < 1.29 is 18.9 Å². The molecule has 88 valence electrons. The fourth-order valence-electron chi connectivity index (χ4n) is 1.36. The topological polar surface area (TPSA) is 62.9 Å². The van der Waals surface area contributed by atoms with E-state index < -0.39 is 0 Å². The Labute approximate surface area is 102 Å². The number of rotatable bonds is 4. The van der Waals surface area contributed by atoms with Gasteiger partial charge in [-0.2, -0.15) is 0 Å². The van der Waals surface area contributed by atoms with Crippen LogP contribution in [0.1, 0.15) is 0 Å². The predicted octanol–water partition coefficient (Wildman–Crippen LogP) is 1.79.